The molecule has 0 aliphatic carbocycles. The molecule has 6 heteroatoms. The summed E-state index contributed by atoms with van der Waals surface area (Å²) in [4.78, 5) is 25.7. The summed E-state index contributed by atoms with van der Waals surface area (Å²) >= 11 is 0. The topological polar surface area (TPSA) is 82.2 Å². The molecule has 21 heavy (non-hydrogen) atoms. The van der Waals surface area contributed by atoms with Crippen molar-refractivity contribution in [2.24, 2.45) is 0 Å². The fourth-order valence-electron chi connectivity index (χ4n) is 2.02. The molecule has 5 nitrogen and oxygen atoms in total. The molecule has 2 rings (SSSR count). The number of carboxylic acids is 1. The van der Waals surface area contributed by atoms with Crippen molar-refractivity contribution in [3.05, 3.63) is 53.1 Å². The zero-order chi connectivity index (χ0) is 15.4. The van der Waals surface area contributed by atoms with Crippen LogP contribution >= 0.6 is 0 Å². The van der Waals surface area contributed by atoms with Gasteiger partial charge in [0.15, 0.2) is 0 Å². The maximum Gasteiger partial charge on any atom is 0.339 e. The van der Waals surface area contributed by atoms with E-state index < -0.39 is 5.97 Å². The van der Waals surface area contributed by atoms with Crippen molar-refractivity contribution in [2.75, 3.05) is 5.32 Å². The monoisotopic (exact) mass is 290 g/mol. The number of carboxylic acid groups (broad SMARTS) is 1. The number of aromatic carboxylic acids is 1. The number of hydrogen-bond donors (Lipinski definition) is 3. The Hall–Kier alpha value is -2.63. The molecule has 1 amide bonds. The Morgan fingerprint density at radius 1 is 1.29 bits per heavy atom. The molecule has 0 aliphatic rings. The summed E-state index contributed by atoms with van der Waals surface area (Å²) in [6.07, 6.45) is 2.10. The van der Waals surface area contributed by atoms with Crippen LogP contribution in [-0.4, -0.2) is 22.0 Å². The molecule has 0 spiro atoms. The van der Waals surface area contributed by atoms with Gasteiger partial charge in [-0.1, -0.05) is 12.1 Å². The minimum Gasteiger partial charge on any atom is -0.478 e. The number of carbonyl (C=O) groups is 2. The molecule has 0 radical (unpaired) electrons. The van der Waals surface area contributed by atoms with E-state index in [9.17, 15) is 14.0 Å². The van der Waals surface area contributed by atoms with Crippen molar-refractivity contribution in [1.29, 1.82) is 0 Å². The van der Waals surface area contributed by atoms with Gasteiger partial charge in [0.1, 0.15) is 11.4 Å². The van der Waals surface area contributed by atoms with E-state index in [-0.39, 0.29) is 29.4 Å². The quantitative estimate of drug-likeness (QED) is 0.791. The van der Waals surface area contributed by atoms with Gasteiger partial charge in [0.05, 0.1) is 5.69 Å². The molecule has 0 fully saturated rings. The van der Waals surface area contributed by atoms with Crippen LogP contribution < -0.4 is 5.32 Å². The summed E-state index contributed by atoms with van der Waals surface area (Å²) in [5.74, 6) is -1.71. The molecular formula is C15H15FN2O3. The number of nitrogens with one attached hydrogen (secondary N) is 2. The molecule has 3 N–H and O–H groups in total. The predicted octanol–water partition coefficient (Wildman–Crippen LogP) is 2.73. The van der Waals surface area contributed by atoms with Gasteiger partial charge in [-0.25, -0.2) is 9.18 Å². The summed E-state index contributed by atoms with van der Waals surface area (Å²) in [5, 5.41) is 11.6. The number of aromatic amines is 1. The van der Waals surface area contributed by atoms with Crippen LogP contribution in [-0.2, 0) is 11.2 Å². The fraction of sp³-hybridized carbons (Fsp3) is 0.200. The lowest BCUT2D eigenvalue weighted by molar-refractivity contribution is -0.116. The SMILES string of the molecule is Cc1[nH]cc(NC(=O)CCc2ccc(F)cc2)c1C(=O)O. The number of rotatable bonds is 5. The highest BCUT2D eigenvalue weighted by Crippen LogP contribution is 2.19. The molecular weight excluding hydrogens is 275 g/mol. The lowest BCUT2D eigenvalue weighted by Gasteiger charge is -2.05. The lowest BCUT2D eigenvalue weighted by Crippen LogP contribution is -2.14. The van der Waals surface area contributed by atoms with Gasteiger partial charge in [0, 0.05) is 18.3 Å². The van der Waals surface area contributed by atoms with Gasteiger partial charge < -0.3 is 15.4 Å². The molecule has 0 aliphatic heterocycles. The maximum atomic E-state index is 12.8. The number of hydrogen-bond acceptors (Lipinski definition) is 2. The minimum atomic E-state index is -1.09. The Kier molecular flexibility index (Phi) is 4.37. The highest BCUT2D eigenvalue weighted by Gasteiger charge is 2.16. The largest absolute Gasteiger partial charge is 0.478 e. The van der Waals surface area contributed by atoms with Crippen LogP contribution in [0.2, 0.25) is 0 Å². The Labute approximate surface area is 120 Å². The van der Waals surface area contributed by atoms with Crippen LogP contribution in [0.1, 0.15) is 28.0 Å². The van der Waals surface area contributed by atoms with E-state index in [1.165, 1.54) is 18.3 Å². The smallest absolute Gasteiger partial charge is 0.339 e. The van der Waals surface area contributed by atoms with Crippen molar-refractivity contribution in [2.45, 2.75) is 19.8 Å². The van der Waals surface area contributed by atoms with E-state index in [2.05, 4.69) is 10.3 Å². The van der Waals surface area contributed by atoms with Gasteiger partial charge >= 0.3 is 5.97 Å². The zero-order valence-electron chi connectivity index (χ0n) is 11.4. The van der Waals surface area contributed by atoms with Crippen LogP contribution in [0.3, 0.4) is 0 Å². The number of aromatic nitrogens is 1. The minimum absolute atomic E-state index is 0.0603. The molecule has 1 aromatic carbocycles. The van der Waals surface area contributed by atoms with Gasteiger partial charge in [-0.3, -0.25) is 4.79 Å². The maximum absolute atomic E-state index is 12.8. The van der Waals surface area contributed by atoms with E-state index >= 15 is 0 Å². The van der Waals surface area contributed by atoms with Crippen LogP contribution in [0, 0.1) is 12.7 Å². The molecule has 2 aromatic rings. The fourth-order valence-corrected chi connectivity index (χ4v) is 2.02. The second-order valence-electron chi connectivity index (χ2n) is 4.68. The molecule has 0 atom stereocenters. The molecule has 0 saturated heterocycles. The number of H-pyrrole nitrogens is 1. The van der Waals surface area contributed by atoms with E-state index in [1.807, 2.05) is 0 Å². The first-order chi connectivity index (χ1) is 9.97. The van der Waals surface area contributed by atoms with Crippen molar-refractivity contribution in [3.63, 3.8) is 0 Å². The van der Waals surface area contributed by atoms with Crippen LogP contribution in [0.25, 0.3) is 0 Å². The number of benzene rings is 1. The Balaban J connectivity index is 1.96. The highest BCUT2D eigenvalue weighted by molar-refractivity contribution is 6.01. The third-order valence-corrected chi connectivity index (χ3v) is 3.12. The summed E-state index contributed by atoms with van der Waals surface area (Å²) in [5.41, 5.74) is 1.64. The Bertz CT molecular complexity index is 662. The third-order valence-electron chi connectivity index (χ3n) is 3.12. The Morgan fingerprint density at radius 3 is 2.57 bits per heavy atom. The summed E-state index contributed by atoms with van der Waals surface area (Å²) in [7, 11) is 0. The summed E-state index contributed by atoms with van der Waals surface area (Å²) in [6.45, 7) is 1.62. The third kappa shape index (κ3) is 3.68. The van der Waals surface area contributed by atoms with Crippen LogP contribution in [0.15, 0.2) is 30.5 Å². The van der Waals surface area contributed by atoms with E-state index in [0.29, 0.717) is 12.1 Å². The van der Waals surface area contributed by atoms with Crippen molar-refractivity contribution < 1.29 is 19.1 Å². The second-order valence-corrected chi connectivity index (χ2v) is 4.68. The van der Waals surface area contributed by atoms with E-state index in [0.717, 1.165) is 5.56 Å². The molecule has 0 unspecified atom stereocenters. The number of anilines is 1. The van der Waals surface area contributed by atoms with Gasteiger partial charge in [-0.05, 0) is 31.0 Å². The van der Waals surface area contributed by atoms with Crippen LogP contribution in [0.5, 0.6) is 0 Å². The van der Waals surface area contributed by atoms with Gasteiger partial charge in [0.2, 0.25) is 5.91 Å². The number of aryl methyl sites for hydroxylation is 2. The molecule has 0 bridgehead atoms. The average Bonchev–Trinajstić information content (AvgIpc) is 2.79. The summed E-state index contributed by atoms with van der Waals surface area (Å²) in [6, 6.07) is 5.91. The van der Waals surface area contributed by atoms with Crippen molar-refractivity contribution in [1.82, 2.24) is 4.98 Å². The normalized spacial score (nSPS) is 10.4. The van der Waals surface area contributed by atoms with E-state index in [1.54, 1.807) is 19.1 Å². The average molecular weight is 290 g/mol. The second kappa shape index (κ2) is 6.21. The molecule has 110 valence electrons. The standard InChI is InChI=1S/C15H15FN2O3/c1-9-14(15(20)21)12(8-17-9)18-13(19)7-4-10-2-5-11(16)6-3-10/h2-3,5-6,8,17H,4,7H2,1H3,(H,18,19)(H,20,21). The van der Waals surface area contributed by atoms with Crippen molar-refractivity contribution in [3.8, 4) is 0 Å². The Morgan fingerprint density at radius 2 is 1.95 bits per heavy atom. The molecule has 0 saturated carbocycles. The first-order valence-electron chi connectivity index (χ1n) is 6.43. The molecule has 1 heterocycles. The van der Waals surface area contributed by atoms with E-state index in [4.69, 9.17) is 5.11 Å². The van der Waals surface area contributed by atoms with Crippen LogP contribution in [0.4, 0.5) is 10.1 Å². The number of carbonyl (C=O) groups excluding carboxylic acids is 1. The highest BCUT2D eigenvalue weighted by atomic mass is 19.1. The first kappa shape index (κ1) is 14.8. The predicted molar refractivity (Wildman–Crippen MR) is 75.8 cm³/mol. The van der Waals surface area contributed by atoms with Gasteiger partial charge in [-0.2, -0.15) is 0 Å². The first-order valence-corrected chi connectivity index (χ1v) is 6.43. The molecule has 1 aromatic heterocycles. The zero-order valence-corrected chi connectivity index (χ0v) is 11.4. The van der Waals surface area contributed by atoms with Gasteiger partial charge in [0.25, 0.3) is 0 Å². The van der Waals surface area contributed by atoms with Gasteiger partial charge in [-0.15, -0.1) is 0 Å². The van der Waals surface area contributed by atoms with Crippen molar-refractivity contribution >= 4 is 17.6 Å². The number of amides is 1. The number of halogens is 1. The lowest BCUT2D eigenvalue weighted by atomic mass is 10.1. The summed E-state index contributed by atoms with van der Waals surface area (Å²) < 4.78 is 12.8.